The van der Waals surface area contributed by atoms with Crippen LogP contribution in [0.2, 0.25) is 0 Å². The Hall–Kier alpha value is -3.48. The molecule has 3 rings (SSSR count). The smallest absolute Gasteiger partial charge is 0.222 e. The maximum absolute atomic E-state index is 12.8. The molecule has 3 aromatic rings. The Bertz CT molecular complexity index is 1030. The lowest BCUT2D eigenvalue weighted by Gasteiger charge is -2.20. The summed E-state index contributed by atoms with van der Waals surface area (Å²) in [7, 11) is 1.62. The molecular formula is C23H26N4O3. The first-order chi connectivity index (χ1) is 14.4. The van der Waals surface area contributed by atoms with E-state index in [1.165, 1.54) is 6.92 Å². The zero-order valence-corrected chi connectivity index (χ0v) is 17.7. The van der Waals surface area contributed by atoms with E-state index in [1.807, 2.05) is 50.2 Å². The summed E-state index contributed by atoms with van der Waals surface area (Å²) < 4.78 is 6.95. The average Bonchev–Trinajstić information content (AvgIpc) is 3.04. The van der Waals surface area contributed by atoms with E-state index in [2.05, 4.69) is 15.4 Å². The Kier molecular flexibility index (Phi) is 6.61. The van der Waals surface area contributed by atoms with Gasteiger partial charge < -0.3 is 10.1 Å². The van der Waals surface area contributed by atoms with Crippen molar-refractivity contribution in [3.05, 3.63) is 76.9 Å². The second kappa shape index (κ2) is 9.35. The molecule has 1 N–H and O–H groups in total. The van der Waals surface area contributed by atoms with Gasteiger partial charge in [-0.25, -0.2) is 0 Å². The molecule has 0 aliphatic carbocycles. The highest BCUT2D eigenvalue weighted by Crippen LogP contribution is 2.24. The van der Waals surface area contributed by atoms with Gasteiger partial charge in [-0.15, -0.1) is 0 Å². The van der Waals surface area contributed by atoms with Crippen molar-refractivity contribution in [2.24, 2.45) is 0 Å². The number of carbonyl (C=O) groups is 2. The van der Waals surface area contributed by atoms with Crippen LogP contribution in [0.4, 0.5) is 0 Å². The number of amides is 1. The number of hydrogen-bond donors (Lipinski definition) is 1. The molecule has 0 fully saturated rings. The van der Waals surface area contributed by atoms with E-state index in [-0.39, 0.29) is 24.2 Å². The summed E-state index contributed by atoms with van der Waals surface area (Å²) in [5.41, 5.74) is 3.99. The topological polar surface area (TPSA) is 86.1 Å². The van der Waals surface area contributed by atoms with E-state index in [0.717, 1.165) is 22.6 Å². The van der Waals surface area contributed by atoms with E-state index < -0.39 is 0 Å². The van der Waals surface area contributed by atoms with Gasteiger partial charge in [-0.05, 0) is 56.2 Å². The van der Waals surface area contributed by atoms with Crippen LogP contribution < -0.4 is 10.1 Å². The molecule has 0 saturated carbocycles. The molecule has 0 radical (unpaired) electrons. The summed E-state index contributed by atoms with van der Waals surface area (Å²) in [6, 6.07) is 11.1. The minimum absolute atomic E-state index is 0.0158. The molecule has 1 aromatic carbocycles. The summed E-state index contributed by atoms with van der Waals surface area (Å²) in [4.78, 5) is 28.6. The van der Waals surface area contributed by atoms with Gasteiger partial charge in [0.25, 0.3) is 0 Å². The lowest BCUT2D eigenvalue weighted by molar-refractivity contribution is -0.121. The van der Waals surface area contributed by atoms with E-state index >= 15 is 0 Å². The molecule has 0 bridgehead atoms. The number of methoxy groups -OCH3 is 1. The average molecular weight is 406 g/mol. The highest BCUT2D eigenvalue weighted by atomic mass is 16.5. The first-order valence-electron chi connectivity index (χ1n) is 9.79. The molecule has 0 saturated heterocycles. The predicted molar refractivity (Wildman–Crippen MR) is 114 cm³/mol. The van der Waals surface area contributed by atoms with Crippen LogP contribution in [-0.4, -0.2) is 33.6 Å². The number of benzene rings is 1. The van der Waals surface area contributed by atoms with E-state index in [4.69, 9.17) is 4.74 Å². The molecule has 2 aromatic heterocycles. The number of nitrogens with one attached hydrogen (secondary N) is 1. The van der Waals surface area contributed by atoms with Gasteiger partial charge in [0.15, 0.2) is 5.78 Å². The molecule has 0 spiro atoms. The SMILES string of the molecule is COc1ccc(C(NC(=O)CCn2nc(C)c(C(C)=O)c2C)c2ccncc2)cc1. The van der Waals surface area contributed by atoms with Crippen molar-refractivity contribution in [2.75, 3.05) is 7.11 Å². The number of rotatable bonds is 8. The van der Waals surface area contributed by atoms with Gasteiger partial charge in [0.1, 0.15) is 5.75 Å². The first-order valence-corrected chi connectivity index (χ1v) is 9.79. The molecule has 0 aliphatic rings. The molecule has 1 amide bonds. The molecule has 156 valence electrons. The molecule has 30 heavy (non-hydrogen) atoms. The highest BCUT2D eigenvalue weighted by molar-refractivity contribution is 5.96. The van der Waals surface area contributed by atoms with Crippen LogP contribution in [0.25, 0.3) is 0 Å². The van der Waals surface area contributed by atoms with Crippen molar-refractivity contribution in [1.82, 2.24) is 20.1 Å². The van der Waals surface area contributed by atoms with E-state index in [1.54, 1.807) is 24.2 Å². The largest absolute Gasteiger partial charge is 0.497 e. The zero-order valence-electron chi connectivity index (χ0n) is 17.7. The highest BCUT2D eigenvalue weighted by Gasteiger charge is 2.19. The molecule has 0 aliphatic heterocycles. The number of nitrogens with zero attached hydrogens (tertiary/aromatic N) is 3. The number of ether oxygens (including phenoxy) is 1. The number of aromatic nitrogens is 3. The second-order valence-corrected chi connectivity index (χ2v) is 7.13. The van der Waals surface area contributed by atoms with Crippen molar-refractivity contribution in [1.29, 1.82) is 0 Å². The van der Waals surface area contributed by atoms with Crippen LogP contribution in [0, 0.1) is 13.8 Å². The maximum Gasteiger partial charge on any atom is 0.222 e. The van der Waals surface area contributed by atoms with Crippen LogP contribution in [0.15, 0.2) is 48.8 Å². The fraction of sp³-hybridized carbons (Fsp3) is 0.304. The Balaban J connectivity index is 1.75. The van der Waals surface area contributed by atoms with E-state index in [9.17, 15) is 9.59 Å². The summed E-state index contributed by atoms with van der Waals surface area (Å²) in [5, 5.41) is 7.52. The number of pyridine rings is 1. The van der Waals surface area contributed by atoms with Crippen molar-refractivity contribution in [2.45, 2.75) is 39.8 Å². The van der Waals surface area contributed by atoms with Gasteiger partial charge in [0, 0.05) is 31.1 Å². The van der Waals surface area contributed by atoms with Crippen LogP contribution in [0.5, 0.6) is 5.75 Å². The number of Topliss-reactive ketones (excluding diaryl/α,β-unsaturated/α-hetero) is 1. The predicted octanol–water partition coefficient (Wildman–Crippen LogP) is 3.40. The Morgan fingerprint density at radius 2 is 1.70 bits per heavy atom. The molecule has 7 heteroatoms. The summed E-state index contributed by atoms with van der Waals surface area (Å²) in [5.74, 6) is 0.631. The van der Waals surface area contributed by atoms with Gasteiger partial charge in [-0.1, -0.05) is 12.1 Å². The Morgan fingerprint density at radius 1 is 1.07 bits per heavy atom. The fourth-order valence-corrected chi connectivity index (χ4v) is 3.58. The van der Waals surface area contributed by atoms with Crippen LogP contribution in [0.1, 0.15) is 52.3 Å². The third-order valence-electron chi connectivity index (χ3n) is 5.08. The molecular weight excluding hydrogens is 380 g/mol. The Morgan fingerprint density at radius 3 is 2.27 bits per heavy atom. The molecule has 1 unspecified atom stereocenters. The van der Waals surface area contributed by atoms with Crippen molar-refractivity contribution >= 4 is 11.7 Å². The maximum atomic E-state index is 12.8. The van der Waals surface area contributed by atoms with Crippen molar-refractivity contribution in [3.8, 4) is 5.75 Å². The normalized spacial score (nSPS) is 11.7. The van der Waals surface area contributed by atoms with Crippen LogP contribution in [0.3, 0.4) is 0 Å². The standard InChI is InChI=1S/C23H26N4O3/c1-15-22(17(3)28)16(2)27(26-15)14-11-21(29)25-23(19-9-12-24-13-10-19)18-5-7-20(30-4)8-6-18/h5-10,12-13,23H,11,14H2,1-4H3,(H,25,29). The van der Waals surface area contributed by atoms with Crippen LogP contribution >= 0.6 is 0 Å². The minimum atomic E-state index is -0.306. The second-order valence-electron chi connectivity index (χ2n) is 7.13. The molecule has 1 atom stereocenters. The Labute approximate surface area is 176 Å². The van der Waals surface area contributed by atoms with Crippen LogP contribution in [-0.2, 0) is 11.3 Å². The quantitative estimate of drug-likeness (QED) is 0.580. The molecule has 7 nitrogen and oxygen atoms in total. The molecule has 2 heterocycles. The zero-order chi connectivity index (χ0) is 21.7. The monoisotopic (exact) mass is 406 g/mol. The number of ketones is 1. The third kappa shape index (κ3) is 4.74. The fourth-order valence-electron chi connectivity index (χ4n) is 3.58. The lowest BCUT2D eigenvalue weighted by atomic mass is 9.99. The minimum Gasteiger partial charge on any atom is -0.497 e. The number of hydrogen-bond acceptors (Lipinski definition) is 5. The summed E-state index contributed by atoms with van der Waals surface area (Å²) >= 11 is 0. The lowest BCUT2D eigenvalue weighted by Crippen LogP contribution is -2.30. The van der Waals surface area contributed by atoms with Gasteiger partial charge in [-0.3, -0.25) is 19.3 Å². The first kappa shape index (κ1) is 21.2. The number of aryl methyl sites for hydroxylation is 2. The summed E-state index contributed by atoms with van der Waals surface area (Å²) in [6.45, 7) is 5.59. The van der Waals surface area contributed by atoms with Gasteiger partial charge >= 0.3 is 0 Å². The van der Waals surface area contributed by atoms with Gasteiger partial charge in [0.05, 0.1) is 24.4 Å². The summed E-state index contributed by atoms with van der Waals surface area (Å²) in [6.07, 6.45) is 3.66. The van der Waals surface area contributed by atoms with Crippen molar-refractivity contribution < 1.29 is 14.3 Å². The third-order valence-corrected chi connectivity index (χ3v) is 5.08. The van der Waals surface area contributed by atoms with Gasteiger partial charge in [0.2, 0.25) is 5.91 Å². The van der Waals surface area contributed by atoms with Crippen molar-refractivity contribution in [3.63, 3.8) is 0 Å². The van der Waals surface area contributed by atoms with Gasteiger partial charge in [-0.2, -0.15) is 5.10 Å². The number of carbonyl (C=O) groups excluding carboxylic acids is 2. The van der Waals surface area contributed by atoms with E-state index in [0.29, 0.717) is 17.8 Å².